The van der Waals surface area contributed by atoms with Gasteiger partial charge in [0.15, 0.2) is 0 Å². The minimum atomic E-state index is -1.61. The maximum atomic E-state index is 12.3. The van der Waals surface area contributed by atoms with Crippen LogP contribution in [0.15, 0.2) is 18.2 Å². The normalized spacial score (nSPS) is 15.2. The van der Waals surface area contributed by atoms with Gasteiger partial charge in [0, 0.05) is 35.6 Å². The largest absolute Gasteiger partial charge is 0.497 e. The molecule has 0 unspecified atom stereocenters. The molecule has 1 fully saturated rings. The Morgan fingerprint density at radius 2 is 2.05 bits per heavy atom. The average molecular weight is 281 g/mol. The van der Waals surface area contributed by atoms with E-state index in [9.17, 15) is 14.8 Å². The zero-order chi connectivity index (χ0) is 13.8. The number of hydrogen-bond donors (Lipinski definition) is 2. The number of benzene rings is 1. The molecule has 1 saturated heterocycles. The van der Waals surface area contributed by atoms with Crippen molar-refractivity contribution >= 4 is 30.3 Å². The highest BCUT2D eigenvalue weighted by Crippen LogP contribution is 2.16. The van der Waals surface area contributed by atoms with E-state index in [0.29, 0.717) is 11.3 Å². The van der Waals surface area contributed by atoms with Gasteiger partial charge in [-0.15, -0.1) is 0 Å². The Labute approximate surface area is 116 Å². The second-order valence-electron chi connectivity index (χ2n) is 4.23. The second kappa shape index (κ2) is 6.32. The van der Waals surface area contributed by atoms with Gasteiger partial charge in [0.05, 0.1) is 7.11 Å². The highest BCUT2D eigenvalue weighted by molar-refractivity contribution is 7.99. The monoisotopic (exact) mass is 281 g/mol. The fraction of sp³-hybridized carbons (Fsp3) is 0.417. The van der Waals surface area contributed by atoms with Crippen molar-refractivity contribution in [1.29, 1.82) is 0 Å². The molecule has 2 rings (SSSR count). The van der Waals surface area contributed by atoms with Crippen LogP contribution in [0, 0.1) is 0 Å². The molecule has 0 bridgehead atoms. The first kappa shape index (κ1) is 14.2. The van der Waals surface area contributed by atoms with Gasteiger partial charge in [-0.2, -0.15) is 11.8 Å². The molecule has 1 aliphatic heterocycles. The second-order valence-corrected chi connectivity index (χ2v) is 5.46. The third-order valence-electron chi connectivity index (χ3n) is 3.06. The Hall–Kier alpha value is -1.18. The lowest BCUT2D eigenvalue weighted by atomic mass is 9.79. The van der Waals surface area contributed by atoms with E-state index in [1.54, 1.807) is 17.0 Å². The molecule has 0 spiro atoms. The molecule has 1 aliphatic rings. The quantitative estimate of drug-likeness (QED) is 0.735. The van der Waals surface area contributed by atoms with E-state index in [2.05, 4.69) is 0 Å². The summed E-state index contributed by atoms with van der Waals surface area (Å²) in [4.78, 5) is 14.1. The fourth-order valence-electron chi connectivity index (χ4n) is 2.01. The van der Waals surface area contributed by atoms with Gasteiger partial charge < -0.3 is 19.7 Å². The summed E-state index contributed by atoms with van der Waals surface area (Å²) in [6, 6.07) is 4.66. The van der Waals surface area contributed by atoms with E-state index in [-0.39, 0.29) is 11.4 Å². The van der Waals surface area contributed by atoms with Crippen molar-refractivity contribution in [3.63, 3.8) is 0 Å². The first-order valence-electron chi connectivity index (χ1n) is 6.04. The number of hydrogen-bond acceptors (Lipinski definition) is 5. The molecule has 1 aromatic carbocycles. The first-order chi connectivity index (χ1) is 9.13. The van der Waals surface area contributed by atoms with Crippen molar-refractivity contribution in [2.75, 3.05) is 31.7 Å². The first-order valence-corrected chi connectivity index (χ1v) is 7.20. The molecule has 0 aliphatic carbocycles. The van der Waals surface area contributed by atoms with Crippen LogP contribution in [0.5, 0.6) is 5.75 Å². The molecule has 1 amide bonds. The van der Waals surface area contributed by atoms with Crippen molar-refractivity contribution in [3.8, 4) is 5.75 Å². The van der Waals surface area contributed by atoms with Gasteiger partial charge in [-0.1, -0.05) is 6.07 Å². The molecule has 102 valence electrons. The molecule has 19 heavy (non-hydrogen) atoms. The molecular weight excluding hydrogens is 265 g/mol. The topological polar surface area (TPSA) is 70.0 Å². The van der Waals surface area contributed by atoms with Crippen LogP contribution >= 0.6 is 11.8 Å². The van der Waals surface area contributed by atoms with Crippen molar-refractivity contribution < 1.29 is 19.6 Å². The van der Waals surface area contributed by atoms with Gasteiger partial charge in [0.25, 0.3) is 5.91 Å². The Balaban J connectivity index is 2.22. The lowest BCUT2D eigenvalue weighted by Crippen LogP contribution is -2.38. The molecule has 1 heterocycles. The Bertz CT molecular complexity index is 463. The third kappa shape index (κ3) is 3.23. The zero-order valence-electron chi connectivity index (χ0n) is 10.7. The maximum Gasteiger partial charge on any atom is 0.492 e. The van der Waals surface area contributed by atoms with Gasteiger partial charge in [-0.25, -0.2) is 0 Å². The summed E-state index contributed by atoms with van der Waals surface area (Å²) in [5.41, 5.74) is 0.765. The molecular formula is C12H16BNO4S. The minimum absolute atomic E-state index is 0.0439. The Morgan fingerprint density at radius 3 is 2.63 bits per heavy atom. The zero-order valence-corrected chi connectivity index (χ0v) is 11.5. The highest BCUT2D eigenvalue weighted by Gasteiger charge is 2.22. The van der Waals surface area contributed by atoms with Gasteiger partial charge >= 0.3 is 7.12 Å². The summed E-state index contributed by atoms with van der Waals surface area (Å²) in [7, 11) is -0.169. The van der Waals surface area contributed by atoms with Gasteiger partial charge in [0.2, 0.25) is 0 Å². The van der Waals surface area contributed by atoms with Crippen LogP contribution in [0.3, 0.4) is 0 Å². The standard InChI is InChI=1S/C12H16BNO4S/c1-18-11-8-9(2-3-10(11)13(16)17)12(15)14-4-6-19-7-5-14/h2-3,8,16-17H,4-7H2,1H3. The lowest BCUT2D eigenvalue weighted by molar-refractivity contribution is 0.0772. The molecule has 1 aromatic rings. The van der Waals surface area contributed by atoms with Crippen LogP contribution in [0.4, 0.5) is 0 Å². The van der Waals surface area contributed by atoms with Crippen LogP contribution in [-0.2, 0) is 0 Å². The molecule has 2 N–H and O–H groups in total. The number of carbonyl (C=O) groups excluding carboxylic acids is 1. The number of thioether (sulfide) groups is 1. The molecule has 0 radical (unpaired) electrons. The van der Waals surface area contributed by atoms with Crippen LogP contribution in [0.25, 0.3) is 0 Å². The predicted molar refractivity (Wildman–Crippen MR) is 76.0 cm³/mol. The number of nitrogens with zero attached hydrogens (tertiary/aromatic N) is 1. The van der Waals surface area contributed by atoms with E-state index in [1.807, 2.05) is 11.8 Å². The van der Waals surface area contributed by atoms with E-state index in [1.165, 1.54) is 13.2 Å². The molecule has 7 heteroatoms. The summed E-state index contributed by atoms with van der Waals surface area (Å²) in [6.45, 7) is 1.49. The molecule has 0 atom stereocenters. The van der Waals surface area contributed by atoms with E-state index in [0.717, 1.165) is 24.6 Å². The smallest absolute Gasteiger partial charge is 0.492 e. The minimum Gasteiger partial charge on any atom is -0.497 e. The van der Waals surface area contributed by atoms with Gasteiger partial charge in [0.1, 0.15) is 5.75 Å². The Kier molecular flexibility index (Phi) is 4.73. The summed E-state index contributed by atoms with van der Waals surface area (Å²) in [5.74, 6) is 2.18. The lowest BCUT2D eigenvalue weighted by Gasteiger charge is -2.26. The van der Waals surface area contributed by atoms with Crippen LogP contribution in [0.2, 0.25) is 0 Å². The van der Waals surface area contributed by atoms with Crippen molar-refractivity contribution in [3.05, 3.63) is 23.8 Å². The molecule has 0 aromatic heterocycles. The number of methoxy groups -OCH3 is 1. The van der Waals surface area contributed by atoms with Crippen molar-refractivity contribution in [2.45, 2.75) is 0 Å². The number of rotatable bonds is 3. The van der Waals surface area contributed by atoms with E-state index >= 15 is 0 Å². The fourth-order valence-corrected chi connectivity index (χ4v) is 2.91. The summed E-state index contributed by atoms with van der Waals surface area (Å²) in [5, 5.41) is 18.4. The summed E-state index contributed by atoms with van der Waals surface area (Å²) >= 11 is 1.84. The van der Waals surface area contributed by atoms with Crippen LogP contribution in [0.1, 0.15) is 10.4 Å². The highest BCUT2D eigenvalue weighted by atomic mass is 32.2. The molecule has 0 saturated carbocycles. The third-order valence-corrected chi connectivity index (χ3v) is 4.00. The predicted octanol–water partition coefficient (Wildman–Crippen LogP) is -0.436. The van der Waals surface area contributed by atoms with Gasteiger partial charge in [-0.05, 0) is 12.1 Å². The van der Waals surface area contributed by atoms with Gasteiger partial charge in [-0.3, -0.25) is 4.79 Å². The average Bonchev–Trinajstić information content (AvgIpc) is 2.46. The SMILES string of the molecule is COc1cc(C(=O)N2CCSCC2)ccc1B(O)O. The summed E-state index contributed by atoms with van der Waals surface area (Å²) < 4.78 is 5.09. The number of ether oxygens (including phenoxy) is 1. The van der Waals surface area contributed by atoms with E-state index in [4.69, 9.17) is 4.74 Å². The Morgan fingerprint density at radius 1 is 1.37 bits per heavy atom. The van der Waals surface area contributed by atoms with Crippen LogP contribution < -0.4 is 10.2 Å². The maximum absolute atomic E-state index is 12.3. The molecule has 5 nitrogen and oxygen atoms in total. The summed E-state index contributed by atoms with van der Waals surface area (Å²) in [6.07, 6.45) is 0. The van der Waals surface area contributed by atoms with Crippen molar-refractivity contribution in [1.82, 2.24) is 4.90 Å². The van der Waals surface area contributed by atoms with E-state index < -0.39 is 7.12 Å². The van der Waals surface area contributed by atoms with Crippen molar-refractivity contribution in [2.24, 2.45) is 0 Å². The number of amides is 1. The number of carbonyl (C=O) groups is 1. The van der Waals surface area contributed by atoms with Crippen LogP contribution in [-0.4, -0.2) is 59.7 Å².